The van der Waals surface area contributed by atoms with Gasteiger partial charge in [0.1, 0.15) is 0 Å². The Balaban J connectivity index is 2.09. The first-order chi connectivity index (χ1) is 8.20. The number of halogens is 1. The van der Waals surface area contributed by atoms with E-state index in [1.807, 2.05) is 12.1 Å². The summed E-state index contributed by atoms with van der Waals surface area (Å²) in [6.07, 6.45) is 4.35. The van der Waals surface area contributed by atoms with E-state index in [-0.39, 0.29) is 0 Å². The standard InChI is InChI=1S/C14H19ClN2/c1-3-16-10(2)4-5-11-9-17-14-8-12(15)6-7-13(11)14/h6-10,16-17H,3-5H2,1-2H3. The summed E-state index contributed by atoms with van der Waals surface area (Å²) in [5.74, 6) is 0. The van der Waals surface area contributed by atoms with Gasteiger partial charge in [0, 0.05) is 28.2 Å². The molecule has 3 heteroatoms. The van der Waals surface area contributed by atoms with Crippen LogP contribution in [-0.2, 0) is 6.42 Å². The summed E-state index contributed by atoms with van der Waals surface area (Å²) in [4.78, 5) is 3.28. The van der Waals surface area contributed by atoms with Gasteiger partial charge in [0.25, 0.3) is 0 Å². The normalized spacial score (nSPS) is 13.1. The van der Waals surface area contributed by atoms with Gasteiger partial charge in [-0.25, -0.2) is 0 Å². The van der Waals surface area contributed by atoms with Crippen molar-refractivity contribution in [3.8, 4) is 0 Å². The van der Waals surface area contributed by atoms with E-state index >= 15 is 0 Å². The van der Waals surface area contributed by atoms with Gasteiger partial charge >= 0.3 is 0 Å². The number of benzene rings is 1. The third-order valence-electron chi connectivity index (χ3n) is 3.13. The Labute approximate surface area is 107 Å². The van der Waals surface area contributed by atoms with E-state index in [1.165, 1.54) is 10.9 Å². The molecule has 0 spiro atoms. The predicted molar refractivity (Wildman–Crippen MR) is 74.8 cm³/mol. The molecule has 0 radical (unpaired) electrons. The highest BCUT2D eigenvalue weighted by atomic mass is 35.5. The predicted octanol–water partition coefficient (Wildman–Crippen LogP) is 3.75. The molecule has 17 heavy (non-hydrogen) atoms. The number of aromatic nitrogens is 1. The monoisotopic (exact) mass is 250 g/mol. The minimum Gasteiger partial charge on any atom is -0.361 e. The van der Waals surface area contributed by atoms with Crippen LogP contribution in [0.1, 0.15) is 25.8 Å². The molecule has 0 amide bonds. The third-order valence-corrected chi connectivity index (χ3v) is 3.36. The zero-order valence-corrected chi connectivity index (χ0v) is 11.1. The molecular formula is C14H19ClN2. The van der Waals surface area contributed by atoms with Crippen molar-refractivity contribution in [1.82, 2.24) is 10.3 Å². The number of hydrogen-bond donors (Lipinski definition) is 2. The van der Waals surface area contributed by atoms with E-state index in [2.05, 4.69) is 36.4 Å². The molecule has 0 aliphatic heterocycles. The number of aromatic amines is 1. The van der Waals surface area contributed by atoms with Crippen molar-refractivity contribution >= 4 is 22.5 Å². The molecule has 2 nitrogen and oxygen atoms in total. The average Bonchev–Trinajstić information content (AvgIpc) is 2.69. The zero-order chi connectivity index (χ0) is 12.3. The minimum absolute atomic E-state index is 0.567. The van der Waals surface area contributed by atoms with Crippen molar-refractivity contribution < 1.29 is 0 Å². The van der Waals surface area contributed by atoms with Gasteiger partial charge in [0.2, 0.25) is 0 Å². The Kier molecular flexibility index (Phi) is 4.08. The van der Waals surface area contributed by atoms with Crippen LogP contribution in [0.25, 0.3) is 10.9 Å². The molecule has 1 aromatic carbocycles. The highest BCUT2D eigenvalue weighted by Crippen LogP contribution is 2.23. The largest absolute Gasteiger partial charge is 0.361 e. The lowest BCUT2D eigenvalue weighted by molar-refractivity contribution is 0.531. The van der Waals surface area contributed by atoms with Gasteiger partial charge in [-0.15, -0.1) is 0 Å². The molecule has 2 aromatic rings. The van der Waals surface area contributed by atoms with Gasteiger partial charge in [0.05, 0.1) is 0 Å². The van der Waals surface area contributed by atoms with Crippen molar-refractivity contribution in [2.75, 3.05) is 6.54 Å². The quantitative estimate of drug-likeness (QED) is 0.831. The number of fused-ring (bicyclic) bond motifs is 1. The molecule has 2 N–H and O–H groups in total. The Hall–Kier alpha value is -0.990. The number of hydrogen-bond acceptors (Lipinski definition) is 1. The second-order valence-corrected chi connectivity index (χ2v) is 4.94. The molecule has 1 aromatic heterocycles. The summed E-state index contributed by atoms with van der Waals surface area (Å²) in [5.41, 5.74) is 2.50. The van der Waals surface area contributed by atoms with E-state index in [9.17, 15) is 0 Å². The summed E-state index contributed by atoms with van der Waals surface area (Å²) in [7, 11) is 0. The van der Waals surface area contributed by atoms with Crippen LogP contribution >= 0.6 is 11.6 Å². The number of nitrogens with one attached hydrogen (secondary N) is 2. The summed E-state index contributed by atoms with van der Waals surface area (Å²) < 4.78 is 0. The van der Waals surface area contributed by atoms with Crippen LogP contribution in [0.5, 0.6) is 0 Å². The molecule has 0 saturated heterocycles. The fraction of sp³-hybridized carbons (Fsp3) is 0.429. The van der Waals surface area contributed by atoms with Gasteiger partial charge in [0.15, 0.2) is 0 Å². The van der Waals surface area contributed by atoms with Crippen molar-refractivity contribution in [1.29, 1.82) is 0 Å². The fourth-order valence-electron chi connectivity index (χ4n) is 2.19. The Bertz CT molecular complexity index is 490. The van der Waals surface area contributed by atoms with Gasteiger partial charge in [-0.1, -0.05) is 24.6 Å². The molecule has 92 valence electrons. The second kappa shape index (κ2) is 5.56. The molecule has 0 aliphatic carbocycles. The molecule has 0 aliphatic rings. The maximum absolute atomic E-state index is 5.97. The topological polar surface area (TPSA) is 27.8 Å². The van der Waals surface area contributed by atoms with Crippen LogP contribution in [0.4, 0.5) is 0 Å². The molecule has 1 heterocycles. The van der Waals surface area contributed by atoms with Gasteiger partial charge < -0.3 is 10.3 Å². The van der Waals surface area contributed by atoms with E-state index in [0.717, 1.165) is 29.9 Å². The summed E-state index contributed by atoms with van der Waals surface area (Å²) in [5, 5.41) is 5.51. The van der Waals surface area contributed by atoms with Crippen LogP contribution in [0.3, 0.4) is 0 Å². The third kappa shape index (κ3) is 3.02. The zero-order valence-electron chi connectivity index (χ0n) is 10.4. The van der Waals surface area contributed by atoms with E-state index in [0.29, 0.717) is 6.04 Å². The summed E-state index contributed by atoms with van der Waals surface area (Å²) in [6.45, 7) is 5.41. The van der Waals surface area contributed by atoms with E-state index in [1.54, 1.807) is 0 Å². The minimum atomic E-state index is 0.567. The van der Waals surface area contributed by atoms with Gasteiger partial charge in [-0.2, -0.15) is 0 Å². The smallest absolute Gasteiger partial charge is 0.0471 e. The number of aryl methyl sites for hydroxylation is 1. The van der Waals surface area contributed by atoms with Crippen molar-refractivity contribution in [2.45, 2.75) is 32.7 Å². The first-order valence-corrected chi connectivity index (χ1v) is 6.57. The molecule has 2 rings (SSSR count). The van der Waals surface area contributed by atoms with Crippen molar-refractivity contribution in [2.24, 2.45) is 0 Å². The van der Waals surface area contributed by atoms with Crippen LogP contribution in [0.15, 0.2) is 24.4 Å². The molecule has 0 saturated carbocycles. The lowest BCUT2D eigenvalue weighted by Crippen LogP contribution is -2.25. The van der Waals surface area contributed by atoms with Crippen LogP contribution < -0.4 is 5.32 Å². The molecule has 1 unspecified atom stereocenters. The van der Waals surface area contributed by atoms with E-state index in [4.69, 9.17) is 11.6 Å². The number of rotatable bonds is 5. The summed E-state index contributed by atoms with van der Waals surface area (Å²) in [6, 6.07) is 6.60. The van der Waals surface area contributed by atoms with Gasteiger partial charge in [-0.3, -0.25) is 0 Å². The van der Waals surface area contributed by atoms with Crippen molar-refractivity contribution in [3.05, 3.63) is 35.0 Å². The molecular weight excluding hydrogens is 232 g/mol. The van der Waals surface area contributed by atoms with Crippen LogP contribution in [0, 0.1) is 0 Å². The second-order valence-electron chi connectivity index (χ2n) is 4.50. The lowest BCUT2D eigenvalue weighted by atomic mass is 10.1. The van der Waals surface area contributed by atoms with Crippen LogP contribution in [-0.4, -0.2) is 17.6 Å². The maximum atomic E-state index is 5.97. The van der Waals surface area contributed by atoms with Crippen molar-refractivity contribution in [3.63, 3.8) is 0 Å². The first kappa shape index (κ1) is 12.5. The average molecular weight is 251 g/mol. The highest BCUT2D eigenvalue weighted by molar-refractivity contribution is 6.31. The number of H-pyrrole nitrogens is 1. The van der Waals surface area contributed by atoms with E-state index < -0.39 is 0 Å². The molecule has 0 fully saturated rings. The lowest BCUT2D eigenvalue weighted by Gasteiger charge is -2.11. The first-order valence-electron chi connectivity index (χ1n) is 6.19. The molecule has 1 atom stereocenters. The SMILES string of the molecule is CCNC(C)CCc1c[nH]c2cc(Cl)ccc12. The Morgan fingerprint density at radius 3 is 3.00 bits per heavy atom. The van der Waals surface area contributed by atoms with Gasteiger partial charge in [-0.05, 0) is 44.0 Å². The molecule has 0 bridgehead atoms. The Morgan fingerprint density at radius 2 is 2.24 bits per heavy atom. The Morgan fingerprint density at radius 1 is 1.41 bits per heavy atom. The fourth-order valence-corrected chi connectivity index (χ4v) is 2.36. The highest BCUT2D eigenvalue weighted by Gasteiger charge is 2.06. The summed E-state index contributed by atoms with van der Waals surface area (Å²) >= 11 is 5.97. The maximum Gasteiger partial charge on any atom is 0.0471 e. The van der Waals surface area contributed by atoms with Crippen LogP contribution in [0.2, 0.25) is 5.02 Å².